The number of benzene rings is 1. The van der Waals surface area contributed by atoms with Crippen LogP contribution >= 0.6 is 11.6 Å². The average molecular weight is 310 g/mol. The number of carbonyl (C=O) groups is 1. The zero-order valence-electron chi connectivity index (χ0n) is 13.0. The minimum atomic E-state index is -0.0374. The van der Waals surface area contributed by atoms with Crippen LogP contribution in [0.4, 0.5) is 10.5 Å². The molecule has 0 radical (unpaired) electrons. The van der Waals surface area contributed by atoms with Gasteiger partial charge in [-0.25, -0.2) is 4.79 Å². The topological polar surface area (TPSA) is 35.6 Å². The predicted molar refractivity (Wildman–Crippen MR) is 88.1 cm³/mol. The van der Waals surface area contributed by atoms with Crippen LogP contribution in [-0.2, 0) is 0 Å². The SMILES string of the molecule is Cc1ccc(Cl)cc1NC(=O)N1CCN(CC(C)C)CC1. The second-order valence-electron chi connectivity index (χ2n) is 6.07. The van der Waals surface area contributed by atoms with Crippen LogP contribution < -0.4 is 5.32 Å². The lowest BCUT2D eigenvalue weighted by molar-refractivity contribution is 0.138. The van der Waals surface area contributed by atoms with Gasteiger partial charge in [-0.2, -0.15) is 0 Å². The molecule has 21 heavy (non-hydrogen) atoms. The Kier molecular flexibility index (Phi) is 5.48. The van der Waals surface area contributed by atoms with Gasteiger partial charge in [0.05, 0.1) is 0 Å². The molecule has 4 nitrogen and oxygen atoms in total. The van der Waals surface area contributed by atoms with Crippen LogP contribution in [0.3, 0.4) is 0 Å². The van der Waals surface area contributed by atoms with Gasteiger partial charge in [-0.15, -0.1) is 0 Å². The predicted octanol–water partition coefficient (Wildman–Crippen LogP) is 3.45. The third-order valence-corrected chi connectivity index (χ3v) is 3.96. The molecule has 0 spiro atoms. The molecular weight excluding hydrogens is 286 g/mol. The second kappa shape index (κ2) is 7.14. The van der Waals surface area contributed by atoms with E-state index in [0.717, 1.165) is 44.0 Å². The summed E-state index contributed by atoms with van der Waals surface area (Å²) in [5.41, 5.74) is 1.81. The third kappa shape index (κ3) is 4.61. The van der Waals surface area contributed by atoms with Gasteiger partial charge in [0.15, 0.2) is 0 Å². The quantitative estimate of drug-likeness (QED) is 0.928. The number of halogens is 1. The van der Waals surface area contributed by atoms with E-state index in [2.05, 4.69) is 24.1 Å². The molecule has 1 aliphatic heterocycles. The maximum atomic E-state index is 12.3. The fourth-order valence-corrected chi connectivity index (χ4v) is 2.75. The number of anilines is 1. The van der Waals surface area contributed by atoms with E-state index in [-0.39, 0.29) is 6.03 Å². The van der Waals surface area contributed by atoms with E-state index in [1.807, 2.05) is 24.0 Å². The summed E-state index contributed by atoms with van der Waals surface area (Å²) < 4.78 is 0. The van der Waals surface area contributed by atoms with Crippen molar-refractivity contribution in [3.63, 3.8) is 0 Å². The molecule has 0 unspecified atom stereocenters. The largest absolute Gasteiger partial charge is 0.322 e. The lowest BCUT2D eigenvalue weighted by Crippen LogP contribution is -2.50. The van der Waals surface area contributed by atoms with Crippen LogP contribution in [0.2, 0.25) is 5.02 Å². The number of aryl methyl sites for hydroxylation is 1. The Hall–Kier alpha value is -1.26. The lowest BCUT2D eigenvalue weighted by atomic mass is 10.2. The highest BCUT2D eigenvalue weighted by Gasteiger charge is 2.21. The summed E-state index contributed by atoms with van der Waals surface area (Å²) in [4.78, 5) is 16.6. The number of hydrogen-bond donors (Lipinski definition) is 1. The van der Waals surface area contributed by atoms with Crippen molar-refractivity contribution >= 4 is 23.3 Å². The van der Waals surface area contributed by atoms with Crippen molar-refractivity contribution in [2.24, 2.45) is 5.92 Å². The number of amides is 2. The number of urea groups is 1. The van der Waals surface area contributed by atoms with Crippen LogP contribution in [0.1, 0.15) is 19.4 Å². The van der Waals surface area contributed by atoms with Gasteiger partial charge < -0.3 is 10.2 Å². The number of nitrogens with one attached hydrogen (secondary N) is 1. The van der Waals surface area contributed by atoms with E-state index in [1.165, 1.54) is 0 Å². The molecule has 1 aliphatic rings. The first-order valence-electron chi connectivity index (χ1n) is 7.50. The Morgan fingerprint density at radius 3 is 2.57 bits per heavy atom. The first-order valence-corrected chi connectivity index (χ1v) is 7.88. The fourth-order valence-electron chi connectivity index (χ4n) is 2.57. The van der Waals surface area contributed by atoms with E-state index in [0.29, 0.717) is 10.9 Å². The number of rotatable bonds is 3. The first kappa shape index (κ1) is 16.1. The number of hydrogen-bond acceptors (Lipinski definition) is 2. The van der Waals surface area contributed by atoms with Crippen molar-refractivity contribution in [3.8, 4) is 0 Å². The molecule has 2 amide bonds. The normalized spacial score (nSPS) is 16.3. The van der Waals surface area contributed by atoms with Crippen LogP contribution in [-0.4, -0.2) is 48.6 Å². The Bertz CT molecular complexity index is 496. The van der Waals surface area contributed by atoms with Gasteiger partial charge in [0, 0.05) is 43.4 Å². The standard InChI is InChI=1S/C16H24ClN3O/c1-12(2)11-19-6-8-20(9-7-19)16(21)18-15-10-14(17)5-4-13(15)3/h4-5,10,12H,6-9,11H2,1-3H3,(H,18,21). The van der Waals surface area contributed by atoms with Crippen molar-refractivity contribution in [2.45, 2.75) is 20.8 Å². The van der Waals surface area contributed by atoms with Gasteiger partial charge in [-0.3, -0.25) is 4.90 Å². The van der Waals surface area contributed by atoms with Crippen LogP contribution in [0.5, 0.6) is 0 Å². The highest BCUT2D eigenvalue weighted by Crippen LogP contribution is 2.20. The molecule has 0 aromatic heterocycles. The number of nitrogens with zero attached hydrogens (tertiary/aromatic N) is 2. The summed E-state index contributed by atoms with van der Waals surface area (Å²) in [5, 5.41) is 3.60. The molecule has 5 heteroatoms. The van der Waals surface area contributed by atoms with E-state index < -0.39 is 0 Å². The summed E-state index contributed by atoms with van der Waals surface area (Å²) in [6, 6.07) is 5.50. The molecule has 0 aliphatic carbocycles. The minimum absolute atomic E-state index is 0.0374. The van der Waals surface area contributed by atoms with E-state index in [9.17, 15) is 4.79 Å². The zero-order chi connectivity index (χ0) is 15.4. The fraction of sp³-hybridized carbons (Fsp3) is 0.562. The first-order chi connectivity index (χ1) is 9.95. The molecule has 1 N–H and O–H groups in total. The second-order valence-corrected chi connectivity index (χ2v) is 6.51. The monoisotopic (exact) mass is 309 g/mol. The van der Waals surface area contributed by atoms with Crippen molar-refractivity contribution in [2.75, 3.05) is 38.0 Å². The maximum Gasteiger partial charge on any atom is 0.321 e. The van der Waals surface area contributed by atoms with E-state index >= 15 is 0 Å². The summed E-state index contributed by atoms with van der Waals surface area (Å²) >= 11 is 5.98. The Labute approximate surface area is 132 Å². The van der Waals surface area contributed by atoms with Gasteiger partial charge in [0.1, 0.15) is 0 Å². The molecule has 1 saturated heterocycles. The highest BCUT2D eigenvalue weighted by molar-refractivity contribution is 6.31. The zero-order valence-corrected chi connectivity index (χ0v) is 13.8. The van der Waals surface area contributed by atoms with Crippen molar-refractivity contribution in [1.82, 2.24) is 9.80 Å². The third-order valence-electron chi connectivity index (χ3n) is 3.72. The molecule has 1 aromatic rings. The van der Waals surface area contributed by atoms with E-state index in [4.69, 9.17) is 11.6 Å². The van der Waals surface area contributed by atoms with Gasteiger partial charge >= 0.3 is 6.03 Å². The van der Waals surface area contributed by atoms with Gasteiger partial charge in [-0.05, 0) is 30.5 Å². The van der Waals surface area contributed by atoms with Gasteiger partial charge in [0.2, 0.25) is 0 Å². The summed E-state index contributed by atoms with van der Waals surface area (Å²) in [7, 11) is 0. The van der Waals surface area contributed by atoms with Crippen LogP contribution in [0, 0.1) is 12.8 Å². The van der Waals surface area contributed by atoms with Gasteiger partial charge in [0.25, 0.3) is 0 Å². The Morgan fingerprint density at radius 1 is 1.29 bits per heavy atom. The minimum Gasteiger partial charge on any atom is -0.322 e. The smallest absolute Gasteiger partial charge is 0.321 e. The van der Waals surface area contributed by atoms with Crippen LogP contribution in [0.15, 0.2) is 18.2 Å². The van der Waals surface area contributed by atoms with Gasteiger partial charge in [-0.1, -0.05) is 31.5 Å². The maximum absolute atomic E-state index is 12.3. The summed E-state index contributed by atoms with van der Waals surface area (Å²) in [5.74, 6) is 0.666. The number of carbonyl (C=O) groups excluding carboxylic acids is 1. The van der Waals surface area contributed by atoms with E-state index in [1.54, 1.807) is 6.07 Å². The summed E-state index contributed by atoms with van der Waals surface area (Å²) in [6.45, 7) is 11.0. The summed E-state index contributed by atoms with van der Waals surface area (Å²) in [6.07, 6.45) is 0. The average Bonchev–Trinajstić information content (AvgIpc) is 2.43. The molecule has 0 atom stereocenters. The van der Waals surface area contributed by atoms with Crippen molar-refractivity contribution < 1.29 is 4.79 Å². The Morgan fingerprint density at radius 2 is 1.95 bits per heavy atom. The van der Waals surface area contributed by atoms with Crippen molar-refractivity contribution in [1.29, 1.82) is 0 Å². The molecule has 1 aromatic carbocycles. The van der Waals surface area contributed by atoms with Crippen LogP contribution in [0.25, 0.3) is 0 Å². The molecule has 1 heterocycles. The molecule has 1 fully saturated rings. The lowest BCUT2D eigenvalue weighted by Gasteiger charge is -2.35. The van der Waals surface area contributed by atoms with Crippen molar-refractivity contribution in [3.05, 3.63) is 28.8 Å². The molecule has 0 bridgehead atoms. The molecular formula is C16H24ClN3O. The molecule has 116 valence electrons. The molecule has 2 rings (SSSR count). The highest BCUT2D eigenvalue weighted by atomic mass is 35.5. The molecule has 0 saturated carbocycles. The Balaban J connectivity index is 1.89. The number of piperazine rings is 1.